The van der Waals surface area contributed by atoms with Crippen LogP contribution in [-0.4, -0.2) is 82.3 Å². The van der Waals surface area contributed by atoms with Crippen LogP contribution < -0.4 is 17.2 Å². The van der Waals surface area contributed by atoms with Crippen molar-refractivity contribution in [1.29, 1.82) is 0 Å². The number of unbranched alkanes of at least 4 members (excludes halogenated alkanes) is 4. The van der Waals surface area contributed by atoms with Crippen LogP contribution in [0.4, 0.5) is 0 Å². The second-order valence-electron chi connectivity index (χ2n) is 17.9. The normalized spacial score (nSPS) is 35.9. The Morgan fingerprint density at radius 2 is 1.30 bits per heavy atom. The molecule has 0 saturated heterocycles. The van der Waals surface area contributed by atoms with Gasteiger partial charge in [0.25, 0.3) is 0 Å². The van der Waals surface area contributed by atoms with Crippen molar-refractivity contribution < 1.29 is 14.2 Å². The van der Waals surface area contributed by atoms with Crippen LogP contribution in [0, 0.1) is 46.3 Å². The van der Waals surface area contributed by atoms with E-state index in [-0.39, 0.29) is 5.41 Å². The minimum absolute atomic E-state index is 0.179. The molecule has 294 valence electrons. The SMILES string of the molecule is CCCCCN(CCCCC)CCC[C@@H](C)C1CC[C@H]2C3[C@H](OCCCN)CC4C[C@H](OCCCN)CC[C@]4(C)[C@H]3C[C@H](OCCCN)[C@]12C. The highest BCUT2D eigenvalue weighted by Crippen LogP contribution is 2.69. The van der Waals surface area contributed by atoms with Gasteiger partial charge in [-0.3, -0.25) is 0 Å². The van der Waals surface area contributed by atoms with Gasteiger partial charge in [-0.05, 0) is 170 Å². The molecule has 0 aromatic heterocycles. The predicted octanol–water partition coefficient (Wildman–Crippen LogP) is 8.17. The molecular formula is C43H84N4O3. The second-order valence-corrected chi connectivity index (χ2v) is 17.9. The maximum atomic E-state index is 7.09. The molecule has 4 aliphatic rings. The largest absolute Gasteiger partial charge is 0.378 e. The molecule has 11 atom stereocenters. The Kier molecular flexibility index (Phi) is 18.3. The van der Waals surface area contributed by atoms with Crippen molar-refractivity contribution in [3.05, 3.63) is 0 Å². The van der Waals surface area contributed by atoms with E-state index in [0.29, 0.717) is 78.9 Å². The summed E-state index contributed by atoms with van der Waals surface area (Å²) < 4.78 is 20.5. The molecule has 7 heteroatoms. The van der Waals surface area contributed by atoms with E-state index >= 15 is 0 Å². The number of hydrogen-bond acceptors (Lipinski definition) is 7. The van der Waals surface area contributed by atoms with Gasteiger partial charge in [0.2, 0.25) is 0 Å². The highest BCUT2D eigenvalue weighted by Gasteiger charge is 2.66. The molecule has 6 N–H and O–H groups in total. The topological polar surface area (TPSA) is 109 Å². The van der Waals surface area contributed by atoms with Gasteiger partial charge in [0.05, 0.1) is 18.3 Å². The first kappa shape index (κ1) is 42.5. The van der Waals surface area contributed by atoms with Gasteiger partial charge in [-0.25, -0.2) is 0 Å². The number of rotatable bonds is 25. The van der Waals surface area contributed by atoms with Crippen LogP contribution in [0.3, 0.4) is 0 Å². The first-order valence-electron chi connectivity index (χ1n) is 22.0. The fourth-order valence-corrected chi connectivity index (χ4v) is 11.9. The number of hydrogen-bond donors (Lipinski definition) is 3. The van der Waals surface area contributed by atoms with Gasteiger partial charge in [-0.2, -0.15) is 0 Å². The Morgan fingerprint density at radius 3 is 1.94 bits per heavy atom. The Morgan fingerprint density at radius 1 is 0.680 bits per heavy atom. The Hall–Kier alpha value is -0.280. The number of ether oxygens (including phenoxy) is 3. The molecule has 4 saturated carbocycles. The molecule has 3 unspecified atom stereocenters. The van der Waals surface area contributed by atoms with Crippen molar-refractivity contribution in [3.8, 4) is 0 Å². The first-order valence-corrected chi connectivity index (χ1v) is 22.0. The standard InChI is InChI=1S/C43H84N4O3/c1-6-8-10-24-47(25-11-9-7-2)26-12-16-33(3)36-17-18-37-41-38(32-40(43(36,37)5)50-29-15-23-46)42(4)20-19-35(48-27-13-21-44)30-34(42)31-39(41)49-28-14-22-45/h33-41H,6-32,44-46H2,1-5H3/t33-,34?,35-,36?,37+,38+,39-,40+,41?,42+,43-/m1/s1. The molecule has 0 aliphatic heterocycles. The van der Waals surface area contributed by atoms with Crippen molar-refractivity contribution in [2.75, 3.05) is 59.1 Å². The van der Waals surface area contributed by atoms with Crippen LogP contribution in [0.2, 0.25) is 0 Å². The highest BCUT2D eigenvalue weighted by molar-refractivity contribution is 5.15. The van der Waals surface area contributed by atoms with E-state index in [4.69, 9.17) is 31.4 Å². The molecule has 7 nitrogen and oxygen atoms in total. The zero-order chi connectivity index (χ0) is 36.0. The summed E-state index contributed by atoms with van der Waals surface area (Å²) in [4.78, 5) is 2.79. The van der Waals surface area contributed by atoms with E-state index in [0.717, 1.165) is 45.5 Å². The summed E-state index contributed by atoms with van der Waals surface area (Å²) in [5, 5.41) is 0. The smallest absolute Gasteiger partial charge is 0.0637 e. The van der Waals surface area contributed by atoms with Crippen molar-refractivity contribution in [2.45, 2.75) is 169 Å². The molecule has 0 aromatic carbocycles. The number of nitrogens with zero attached hydrogens (tertiary/aromatic N) is 1. The predicted molar refractivity (Wildman–Crippen MR) is 210 cm³/mol. The average molecular weight is 705 g/mol. The fourth-order valence-electron chi connectivity index (χ4n) is 11.9. The number of fused-ring (bicyclic) bond motifs is 5. The van der Waals surface area contributed by atoms with E-state index in [1.165, 1.54) is 110 Å². The van der Waals surface area contributed by atoms with Gasteiger partial charge >= 0.3 is 0 Å². The molecular weight excluding hydrogens is 620 g/mol. The van der Waals surface area contributed by atoms with E-state index in [1.54, 1.807) is 0 Å². The summed E-state index contributed by atoms with van der Waals surface area (Å²) in [6.45, 7) is 20.9. The zero-order valence-corrected chi connectivity index (χ0v) is 33.7. The van der Waals surface area contributed by atoms with Crippen LogP contribution in [0.5, 0.6) is 0 Å². The third-order valence-corrected chi connectivity index (χ3v) is 14.8. The maximum absolute atomic E-state index is 7.09. The molecule has 0 bridgehead atoms. The highest BCUT2D eigenvalue weighted by atomic mass is 16.5. The lowest BCUT2D eigenvalue weighted by Crippen LogP contribution is -2.63. The van der Waals surface area contributed by atoms with Crippen molar-refractivity contribution in [3.63, 3.8) is 0 Å². The Balaban J connectivity index is 1.53. The molecule has 0 radical (unpaired) electrons. The summed E-state index contributed by atoms with van der Waals surface area (Å²) in [6.07, 6.45) is 23.1. The van der Waals surface area contributed by atoms with Gasteiger partial charge in [0, 0.05) is 25.2 Å². The van der Waals surface area contributed by atoms with Gasteiger partial charge in [-0.1, -0.05) is 60.3 Å². The maximum Gasteiger partial charge on any atom is 0.0637 e. The average Bonchev–Trinajstić information content (AvgIpc) is 3.47. The lowest BCUT2D eigenvalue weighted by Gasteiger charge is -2.65. The lowest BCUT2D eigenvalue weighted by atomic mass is 9.43. The number of nitrogens with two attached hydrogens (primary N) is 3. The van der Waals surface area contributed by atoms with Crippen molar-refractivity contribution >= 4 is 0 Å². The van der Waals surface area contributed by atoms with Gasteiger partial charge in [0.1, 0.15) is 0 Å². The molecule has 0 aromatic rings. The van der Waals surface area contributed by atoms with Gasteiger partial charge in [-0.15, -0.1) is 0 Å². The molecule has 0 amide bonds. The van der Waals surface area contributed by atoms with Gasteiger partial charge in [0.15, 0.2) is 0 Å². The molecule has 50 heavy (non-hydrogen) atoms. The second kappa shape index (κ2) is 21.6. The van der Waals surface area contributed by atoms with E-state index < -0.39 is 0 Å². The van der Waals surface area contributed by atoms with Crippen LogP contribution in [0.25, 0.3) is 0 Å². The molecule has 4 aliphatic carbocycles. The first-order chi connectivity index (χ1) is 24.3. The summed E-state index contributed by atoms with van der Waals surface area (Å²) in [5.41, 5.74) is 18.3. The Bertz CT molecular complexity index is 915. The third kappa shape index (κ3) is 10.5. The van der Waals surface area contributed by atoms with Crippen LogP contribution in [-0.2, 0) is 14.2 Å². The Labute approximate surface area is 309 Å². The summed E-state index contributed by atoms with van der Waals surface area (Å²) in [6, 6.07) is 0. The minimum Gasteiger partial charge on any atom is -0.378 e. The van der Waals surface area contributed by atoms with Crippen LogP contribution >= 0.6 is 0 Å². The van der Waals surface area contributed by atoms with Crippen molar-refractivity contribution in [2.24, 2.45) is 63.5 Å². The summed E-state index contributed by atoms with van der Waals surface area (Å²) in [7, 11) is 0. The van der Waals surface area contributed by atoms with E-state index in [1.807, 2.05) is 0 Å². The zero-order valence-electron chi connectivity index (χ0n) is 33.7. The summed E-state index contributed by atoms with van der Waals surface area (Å²) in [5.74, 6) is 3.92. The van der Waals surface area contributed by atoms with Gasteiger partial charge < -0.3 is 36.3 Å². The molecule has 4 rings (SSSR count). The monoisotopic (exact) mass is 705 g/mol. The van der Waals surface area contributed by atoms with Crippen LogP contribution in [0.15, 0.2) is 0 Å². The summed E-state index contributed by atoms with van der Waals surface area (Å²) >= 11 is 0. The quantitative estimate of drug-likeness (QED) is 0.0823. The van der Waals surface area contributed by atoms with Crippen molar-refractivity contribution in [1.82, 2.24) is 4.90 Å². The van der Waals surface area contributed by atoms with Crippen LogP contribution in [0.1, 0.15) is 150 Å². The minimum atomic E-state index is 0.179. The third-order valence-electron chi connectivity index (χ3n) is 14.8. The fraction of sp³-hybridized carbons (Fsp3) is 1.00. The van der Waals surface area contributed by atoms with E-state index in [2.05, 4.69) is 39.5 Å². The molecule has 4 fully saturated rings. The van der Waals surface area contributed by atoms with E-state index in [9.17, 15) is 0 Å². The molecule has 0 spiro atoms. The lowest BCUT2D eigenvalue weighted by molar-refractivity contribution is -0.227. The molecule has 0 heterocycles.